The second-order valence-corrected chi connectivity index (χ2v) is 14.2. The van der Waals surface area contributed by atoms with Gasteiger partial charge in [0.1, 0.15) is 5.70 Å². The van der Waals surface area contributed by atoms with Crippen molar-refractivity contribution in [1.29, 1.82) is 0 Å². The second-order valence-electron chi connectivity index (χ2n) is 13.0. The first-order chi connectivity index (χ1) is 25.8. The number of rotatable bonds is 12. The van der Waals surface area contributed by atoms with Crippen LogP contribution in [0.3, 0.4) is 0 Å². The summed E-state index contributed by atoms with van der Waals surface area (Å²) < 4.78 is 0. The largest absolute Gasteiger partial charge is 0.400 e. The molecule has 2 amide bonds. The summed E-state index contributed by atoms with van der Waals surface area (Å²) in [5.74, 6) is 6.16. The summed E-state index contributed by atoms with van der Waals surface area (Å²) in [7, 11) is 1.80. The van der Waals surface area contributed by atoms with Crippen LogP contribution in [-0.2, 0) is 9.59 Å². The maximum absolute atomic E-state index is 12.8. The Bertz CT molecular complexity index is 1760. The minimum Gasteiger partial charge on any atom is -0.400 e. The zero-order valence-corrected chi connectivity index (χ0v) is 35.1. The van der Waals surface area contributed by atoms with Crippen LogP contribution in [0.4, 0.5) is 16.5 Å². The highest BCUT2D eigenvalue weighted by molar-refractivity contribution is 7.15. The summed E-state index contributed by atoms with van der Waals surface area (Å²) in [6.45, 7) is 23.8. The molecule has 2 atom stereocenters. The van der Waals surface area contributed by atoms with Crippen LogP contribution in [0.5, 0.6) is 0 Å². The number of hydrogen-bond donors (Lipinski definition) is 2. The Balaban J connectivity index is 0.00000145. The molecule has 1 aliphatic rings. The van der Waals surface area contributed by atoms with Crippen molar-refractivity contribution >= 4 is 51.8 Å². The standard InChI is InChI=1S/C35H40N6O3S.C4H8.C3H8.C2H6/c1-8-10-11-15-31(43)25(5)24(4)28-13-12-14-30(20-28)41(22-42)33(37-9-2)32(26(6)36)40(7)29-18-16-27(17-19-29)34(44)39-35-38-21-23(3)45-35;1-4-2-3-4;1-3-2;1-2/h9,12-14,16-22,24-25H,2,8,10,36H2,1,3-7H3,(H,38,39,44);4H,2-3H2,1H3;3H2,1-2H3;1-2H3/b32-26-,37-33?;;;. The van der Waals surface area contributed by atoms with Gasteiger partial charge in [-0.25, -0.2) is 9.98 Å². The fourth-order valence-electron chi connectivity index (χ4n) is 4.72. The van der Waals surface area contributed by atoms with Gasteiger partial charge < -0.3 is 10.6 Å². The number of aromatic nitrogens is 1. The van der Waals surface area contributed by atoms with E-state index in [4.69, 9.17) is 5.73 Å². The highest BCUT2D eigenvalue weighted by Gasteiger charge is 2.26. The number of nitrogens with two attached hydrogens (primary N) is 1. The molecule has 1 saturated carbocycles. The third kappa shape index (κ3) is 15.2. The van der Waals surface area contributed by atoms with E-state index in [9.17, 15) is 14.4 Å². The first-order valence-corrected chi connectivity index (χ1v) is 19.7. The van der Waals surface area contributed by atoms with Crippen molar-refractivity contribution in [2.24, 2.45) is 22.6 Å². The lowest BCUT2D eigenvalue weighted by atomic mass is 9.86. The lowest BCUT2D eigenvalue weighted by Gasteiger charge is -2.30. The van der Waals surface area contributed by atoms with Gasteiger partial charge in [0.25, 0.3) is 5.91 Å². The number of hydrogen-bond acceptors (Lipinski definition) is 8. The minimum atomic E-state index is -0.334. The van der Waals surface area contributed by atoms with Crippen LogP contribution >= 0.6 is 11.3 Å². The van der Waals surface area contributed by atoms with E-state index in [1.807, 2.05) is 59.7 Å². The summed E-state index contributed by atoms with van der Waals surface area (Å²) in [5.41, 5.74) is 9.85. The molecule has 2 aromatic carbocycles. The van der Waals surface area contributed by atoms with Crippen molar-refractivity contribution in [3.8, 4) is 11.8 Å². The van der Waals surface area contributed by atoms with Gasteiger partial charge in [0.2, 0.25) is 12.2 Å². The number of benzene rings is 2. The smallest absolute Gasteiger partial charge is 0.257 e. The third-order valence-corrected chi connectivity index (χ3v) is 8.94. The molecule has 4 rings (SSSR count). The van der Waals surface area contributed by atoms with Crippen LogP contribution in [0.25, 0.3) is 0 Å². The van der Waals surface area contributed by atoms with Crippen molar-refractivity contribution in [1.82, 2.24) is 4.98 Å². The summed E-state index contributed by atoms with van der Waals surface area (Å²) in [6, 6.07) is 14.4. The molecule has 0 spiro atoms. The number of likely N-dealkylation sites (N-methyl/N-ethyl adjacent to an activating group) is 1. The number of aliphatic imine (C=N–C) groups is 1. The average Bonchev–Trinajstić information content (AvgIpc) is 3.85. The normalized spacial score (nSPS) is 13.2. The Hall–Kier alpha value is -5.01. The Morgan fingerprint density at radius 1 is 1.11 bits per heavy atom. The number of amidine groups is 1. The summed E-state index contributed by atoms with van der Waals surface area (Å²) in [5, 5.41) is 3.34. The maximum Gasteiger partial charge on any atom is 0.257 e. The van der Waals surface area contributed by atoms with Crippen molar-refractivity contribution in [2.45, 2.75) is 107 Å². The molecule has 1 aliphatic carbocycles. The van der Waals surface area contributed by atoms with Crippen LogP contribution in [0.1, 0.15) is 121 Å². The predicted octanol–water partition coefficient (Wildman–Crippen LogP) is 10.5. The van der Waals surface area contributed by atoms with E-state index in [0.29, 0.717) is 46.3 Å². The molecule has 292 valence electrons. The van der Waals surface area contributed by atoms with Gasteiger partial charge in [-0.2, -0.15) is 0 Å². The Morgan fingerprint density at radius 2 is 1.72 bits per heavy atom. The fourth-order valence-corrected chi connectivity index (χ4v) is 5.38. The molecule has 0 aliphatic heterocycles. The topological polar surface area (TPSA) is 121 Å². The molecular weight excluding hydrogens is 693 g/mol. The number of allylic oxidation sites excluding steroid dienone is 1. The summed E-state index contributed by atoms with van der Waals surface area (Å²) in [4.78, 5) is 50.9. The number of carbonyl (C=O) groups is 3. The van der Waals surface area contributed by atoms with E-state index in [2.05, 4.69) is 54.5 Å². The van der Waals surface area contributed by atoms with Gasteiger partial charge in [-0.3, -0.25) is 24.6 Å². The predicted molar refractivity (Wildman–Crippen MR) is 230 cm³/mol. The van der Waals surface area contributed by atoms with Gasteiger partial charge in [-0.05, 0) is 80.0 Å². The Morgan fingerprint density at radius 3 is 2.20 bits per heavy atom. The molecule has 0 radical (unpaired) electrons. The number of unbranched alkanes of at least 4 members (excludes halogenated alkanes) is 1. The number of carbonyl (C=O) groups excluding carboxylic acids is 3. The Labute approximate surface area is 328 Å². The highest BCUT2D eigenvalue weighted by atomic mass is 32.1. The van der Waals surface area contributed by atoms with Gasteiger partial charge in [0, 0.05) is 53.6 Å². The lowest BCUT2D eigenvalue weighted by Crippen LogP contribution is -2.38. The van der Waals surface area contributed by atoms with Crippen molar-refractivity contribution < 1.29 is 14.4 Å². The van der Waals surface area contributed by atoms with Gasteiger partial charge in [-0.15, -0.1) is 11.3 Å². The van der Waals surface area contributed by atoms with Gasteiger partial charge in [-0.1, -0.05) is 99.3 Å². The number of ketones is 1. The summed E-state index contributed by atoms with van der Waals surface area (Å²) >= 11 is 1.40. The third-order valence-electron chi connectivity index (χ3n) is 8.12. The number of aryl methyl sites for hydroxylation is 1. The zero-order valence-electron chi connectivity index (χ0n) is 34.3. The molecule has 1 fully saturated rings. The van der Waals surface area contributed by atoms with E-state index < -0.39 is 0 Å². The van der Waals surface area contributed by atoms with E-state index in [0.717, 1.165) is 22.8 Å². The quantitative estimate of drug-likeness (QED) is 0.0624. The number of nitrogens with one attached hydrogen (secondary N) is 1. The molecule has 54 heavy (non-hydrogen) atoms. The number of Topliss-reactive ketones (excluding diaryl/α,β-unsaturated/α-hetero) is 1. The molecular formula is C44H62N6O3S. The number of amides is 2. The van der Waals surface area contributed by atoms with E-state index >= 15 is 0 Å². The molecule has 3 aromatic rings. The minimum absolute atomic E-state index is 0.116. The molecule has 0 bridgehead atoms. The monoisotopic (exact) mass is 754 g/mol. The molecule has 3 N–H and O–H groups in total. The van der Waals surface area contributed by atoms with Crippen LogP contribution in [-0.4, -0.2) is 36.0 Å². The van der Waals surface area contributed by atoms with Gasteiger partial charge in [0.05, 0.1) is 5.69 Å². The SMILES string of the molecule is C=CN=C(/C(=C(\C)N)N(C)c1ccc(C(=O)Nc2ncc(C)s2)cc1)N(C=O)c1cccc(C(C)C(C)C(=O)C#CCCC)c1.CC.CC1CC1.CCC. The van der Waals surface area contributed by atoms with Crippen molar-refractivity contribution in [3.63, 3.8) is 0 Å². The highest BCUT2D eigenvalue weighted by Crippen LogP contribution is 2.30. The number of thiazole rings is 1. The van der Waals surface area contributed by atoms with Crippen LogP contribution in [0.15, 0.2) is 83.9 Å². The van der Waals surface area contributed by atoms with E-state index in [1.165, 1.54) is 41.7 Å². The molecule has 1 aromatic heterocycles. The van der Waals surface area contributed by atoms with E-state index in [1.54, 1.807) is 55.4 Å². The van der Waals surface area contributed by atoms with Crippen LogP contribution in [0.2, 0.25) is 0 Å². The van der Waals surface area contributed by atoms with Crippen LogP contribution < -0.4 is 20.9 Å². The van der Waals surface area contributed by atoms with Crippen molar-refractivity contribution in [3.05, 3.63) is 94.9 Å². The average molecular weight is 755 g/mol. The maximum atomic E-state index is 12.8. The van der Waals surface area contributed by atoms with Gasteiger partial charge in [0.15, 0.2) is 11.0 Å². The molecule has 10 heteroatoms. The van der Waals surface area contributed by atoms with Gasteiger partial charge >= 0.3 is 0 Å². The lowest BCUT2D eigenvalue weighted by molar-refractivity contribution is -0.117. The fraction of sp³-hybridized carbons (Fsp3) is 0.432. The first kappa shape index (κ1) is 47.0. The molecule has 0 saturated heterocycles. The van der Waals surface area contributed by atoms with Crippen LogP contribution in [0, 0.1) is 30.6 Å². The zero-order chi connectivity index (χ0) is 40.8. The molecule has 9 nitrogen and oxygen atoms in total. The van der Waals surface area contributed by atoms with E-state index in [-0.39, 0.29) is 29.4 Å². The van der Waals surface area contributed by atoms with Crippen molar-refractivity contribution in [2.75, 3.05) is 22.2 Å². The second kappa shape index (κ2) is 25.1. The molecule has 1 heterocycles. The first-order valence-electron chi connectivity index (χ1n) is 18.9. The summed E-state index contributed by atoms with van der Waals surface area (Å²) in [6.07, 6.45) is 9.52. The number of nitrogens with zero attached hydrogens (tertiary/aromatic N) is 4. The molecule has 2 unspecified atom stereocenters. The number of anilines is 3. The Kier molecular flexibility index (Phi) is 21.8.